The molecule has 0 radical (unpaired) electrons. The fraction of sp³-hybridized carbons (Fsp3) is 0.571. The lowest BCUT2D eigenvalue weighted by Crippen LogP contribution is -2.40. The van der Waals surface area contributed by atoms with E-state index < -0.39 is 9.28 Å². The van der Waals surface area contributed by atoms with E-state index >= 15 is 0 Å². The van der Waals surface area contributed by atoms with Gasteiger partial charge in [0.15, 0.2) is 0 Å². The maximum atomic E-state index is 12.0. The van der Waals surface area contributed by atoms with Crippen molar-refractivity contribution in [2.75, 3.05) is 13.2 Å². The monoisotopic (exact) mass is 297 g/mol. The molecule has 112 valence electrons. The summed E-state index contributed by atoms with van der Waals surface area (Å²) in [5, 5.41) is 0. The van der Waals surface area contributed by atoms with Gasteiger partial charge in [0.05, 0.1) is 6.42 Å². The quantitative estimate of drug-likeness (QED) is 0.514. The Balaban J connectivity index is 2.55. The molecule has 0 fully saturated rings. The molecule has 6 heteroatoms. The van der Waals surface area contributed by atoms with Gasteiger partial charge in [0.25, 0.3) is 0 Å². The first kappa shape index (κ1) is 16.8. The molecule has 0 aliphatic rings. The van der Waals surface area contributed by atoms with Gasteiger partial charge >= 0.3 is 15.3 Å². The second kappa shape index (κ2) is 9.63. The summed E-state index contributed by atoms with van der Waals surface area (Å²) in [5.74, 6) is -0.250. The standard InChI is InChI=1S/C14H23NO4Si/c1-4-14(20(17-5-2)18-6-3)19-13(16)11-12-7-9-15-10-8-12/h7-10,14,20H,4-6,11H2,1-3H3. The molecule has 0 bridgehead atoms. The normalized spacial score (nSPS) is 12.4. The summed E-state index contributed by atoms with van der Waals surface area (Å²) in [5.41, 5.74) is 0.648. The van der Waals surface area contributed by atoms with E-state index in [4.69, 9.17) is 13.6 Å². The fourth-order valence-corrected chi connectivity index (χ4v) is 3.63. The van der Waals surface area contributed by atoms with Crippen LogP contribution in [0.1, 0.15) is 32.8 Å². The second-order valence-electron chi connectivity index (χ2n) is 4.25. The van der Waals surface area contributed by atoms with Crippen LogP contribution in [0.2, 0.25) is 0 Å². The zero-order valence-corrected chi connectivity index (χ0v) is 13.5. The van der Waals surface area contributed by atoms with Crippen molar-refractivity contribution in [3.8, 4) is 0 Å². The van der Waals surface area contributed by atoms with Gasteiger partial charge in [-0.2, -0.15) is 0 Å². The topological polar surface area (TPSA) is 57.7 Å². The van der Waals surface area contributed by atoms with Crippen LogP contribution < -0.4 is 0 Å². The Morgan fingerprint density at radius 1 is 1.20 bits per heavy atom. The minimum atomic E-state index is -1.97. The number of carbonyl (C=O) groups is 1. The van der Waals surface area contributed by atoms with Crippen molar-refractivity contribution in [1.29, 1.82) is 0 Å². The third kappa shape index (κ3) is 5.81. The van der Waals surface area contributed by atoms with Gasteiger partial charge in [0.2, 0.25) is 0 Å². The molecule has 1 rings (SSSR count). The summed E-state index contributed by atoms with van der Waals surface area (Å²) in [6.45, 7) is 6.97. The molecule has 0 aliphatic carbocycles. The number of aromatic nitrogens is 1. The molecule has 1 heterocycles. The first-order chi connectivity index (χ1) is 9.71. The molecule has 1 atom stereocenters. The molecule has 0 aliphatic heterocycles. The van der Waals surface area contributed by atoms with Crippen LogP contribution in [0.15, 0.2) is 24.5 Å². The Morgan fingerprint density at radius 2 is 1.80 bits per heavy atom. The van der Waals surface area contributed by atoms with Gasteiger partial charge in [0, 0.05) is 25.6 Å². The molecule has 0 aromatic carbocycles. The summed E-state index contributed by atoms with van der Waals surface area (Å²) < 4.78 is 16.8. The van der Waals surface area contributed by atoms with Crippen LogP contribution in [-0.2, 0) is 24.8 Å². The van der Waals surface area contributed by atoms with Gasteiger partial charge in [-0.25, -0.2) is 0 Å². The number of esters is 1. The maximum absolute atomic E-state index is 12.0. The Morgan fingerprint density at radius 3 is 2.30 bits per heavy atom. The number of nitrogens with zero attached hydrogens (tertiary/aromatic N) is 1. The van der Waals surface area contributed by atoms with Gasteiger partial charge in [0.1, 0.15) is 5.73 Å². The average molecular weight is 297 g/mol. The molecule has 5 nitrogen and oxygen atoms in total. The minimum Gasteiger partial charge on any atom is -0.461 e. The van der Waals surface area contributed by atoms with Crippen LogP contribution in [0, 0.1) is 0 Å². The highest BCUT2D eigenvalue weighted by atomic mass is 28.3. The van der Waals surface area contributed by atoms with E-state index in [0.29, 0.717) is 19.6 Å². The molecule has 20 heavy (non-hydrogen) atoms. The van der Waals surface area contributed by atoms with Crippen molar-refractivity contribution in [2.24, 2.45) is 0 Å². The van der Waals surface area contributed by atoms with E-state index in [1.165, 1.54) is 0 Å². The highest BCUT2D eigenvalue weighted by Crippen LogP contribution is 2.09. The number of carbonyl (C=O) groups excluding carboxylic acids is 1. The smallest absolute Gasteiger partial charge is 0.363 e. The summed E-state index contributed by atoms with van der Waals surface area (Å²) in [6.07, 6.45) is 4.28. The van der Waals surface area contributed by atoms with E-state index in [9.17, 15) is 4.79 Å². The Labute approximate surface area is 122 Å². The summed E-state index contributed by atoms with van der Waals surface area (Å²) >= 11 is 0. The Kier molecular flexibility index (Phi) is 8.09. The van der Waals surface area contributed by atoms with Crippen molar-refractivity contribution in [1.82, 2.24) is 4.98 Å². The van der Waals surface area contributed by atoms with Crippen LogP contribution in [-0.4, -0.2) is 39.2 Å². The van der Waals surface area contributed by atoms with Crippen LogP contribution in [0.4, 0.5) is 0 Å². The number of hydrogen-bond donors (Lipinski definition) is 0. The van der Waals surface area contributed by atoms with Crippen molar-refractivity contribution < 1.29 is 18.4 Å². The van der Waals surface area contributed by atoms with Gasteiger partial charge in [-0.3, -0.25) is 9.78 Å². The predicted octanol–water partition coefficient (Wildman–Crippen LogP) is 1.78. The van der Waals surface area contributed by atoms with Crippen molar-refractivity contribution in [3.05, 3.63) is 30.1 Å². The third-order valence-electron chi connectivity index (χ3n) is 2.75. The Hall–Kier alpha value is -1.24. The average Bonchev–Trinajstić information content (AvgIpc) is 2.45. The first-order valence-corrected chi connectivity index (χ1v) is 8.63. The fourth-order valence-electron chi connectivity index (χ4n) is 1.80. The molecular formula is C14H23NO4Si. The van der Waals surface area contributed by atoms with Crippen molar-refractivity contribution >= 4 is 15.3 Å². The number of pyridine rings is 1. The summed E-state index contributed by atoms with van der Waals surface area (Å²) in [6, 6.07) is 3.62. The maximum Gasteiger partial charge on any atom is 0.363 e. The van der Waals surface area contributed by atoms with E-state index in [1.807, 2.05) is 32.9 Å². The predicted molar refractivity (Wildman–Crippen MR) is 78.5 cm³/mol. The van der Waals surface area contributed by atoms with E-state index in [2.05, 4.69) is 4.98 Å². The van der Waals surface area contributed by atoms with Crippen LogP contribution in [0.3, 0.4) is 0 Å². The highest BCUT2D eigenvalue weighted by Gasteiger charge is 2.28. The zero-order chi connectivity index (χ0) is 14.8. The minimum absolute atomic E-state index is 0.246. The number of rotatable bonds is 9. The van der Waals surface area contributed by atoms with E-state index in [-0.39, 0.29) is 18.1 Å². The molecule has 0 saturated carbocycles. The summed E-state index contributed by atoms with van der Waals surface area (Å²) in [4.78, 5) is 15.9. The summed E-state index contributed by atoms with van der Waals surface area (Å²) in [7, 11) is -1.97. The van der Waals surface area contributed by atoms with E-state index in [1.54, 1.807) is 12.4 Å². The largest absolute Gasteiger partial charge is 0.461 e. The van der Waals surface area contributed by atoms with Gasteiger partial charge in [-0.1, -0.05) is 6.92 Å². The third-order valence-corrected chi connectivity index (χ3v) is 5.29. The zero-order valence-electron chi connectivity index (χ0n) is 12.4. The van der Waals surface area contributed by atoms with Gasteiger partial charge < -0.3 is 13.6 Å². The molecule has 0 saturated heterocycles. The SMILES string of the molecule is CCO[SiH](OCC)C(CC)OC(=O)Cc1ccncc1. The molecule has 0 N–H and O–H groups in total. The van der Waals surface area contributed by atoms with E-state index in [0.717, 1.165) is 5.56 Å². The van der Waals surface area contributed by atoms with Crippen LogP contribution in [0.5, 0.6) is 0 Å². The van der Waals surface area contributed by atoms with Crippen molar-refractivity contribution in [3.63, 3.8) is 0 Å². The first-order valence-electron chi connectivity index (χ1n) is 7.02. The lowest BCUT2D eigenvalue weighted by molar-refractivity contribution is -0.146. The molecule has 1 aromatic rings. The number of ether oxygens (including phenoxy) is 1. The molecule has 0 spiro atoms. The van der Waals surface area contributed by atoms with Crippen molar-refractivity contribution in [2.45, 2.75) is 39.3 Å². The molecule has 0 amide bonds. The lowest BCUT2D eigenvalue weighted by Gasteiger charge is -2.23. The van der Waals surface area contributed by atoms with Crippen LogP contribution >= 0.6 is 0 Å². The van der Waals surface area contributed by atoms with Crippen LogP contribution in [0.25, 0.3) is 0 Å². The highest BCUT2D eigenvalue weighted by molar-refractivity contribution is 6.46. The lowest BCUT2D eigenvalue weighted by atomic mass is 10.2. The number of hydrogen-bond acceptors (Lipinski definition) is 5. The molecule has 1 aromatic heterocycles. The second-order valence-corrected chi connectivity index (χ2v) is 6.39. The Bertz CT molecular complexity index is 382. The van der Waals surface area contributed by atoms with Gasteiger partial charge in [-0.05, 0) is 38.0 Å². The molecule has 1 unspecified atom stereocenters. The molecular weight excluding hydrogens is 274 g/mol. The van der Waals surface area contributed by atoms with Gasteiger partial charge in [-0.15, -0.1) is 0 Å².